The van der Waals surface area contributed by atoms with E-state index in [0.29, 0.717) is 72.4 Å². The van der Waals surface area contributed by atoms with E-state index in [1.54, 1.807) is 30.3 Å². The number of aromatic nitrogens is 2. The van der Waals surface area contributed by atoms with Gasteiger partial charge in [-0.05, 0) is 86.9 Å². The summed E-state index contributed by atoms with van der Waals surface area (Å²) in [6, 6.07) is 11.0. The molecule has 0 spiro atoms. The lowest BCUT2D eigenvalue weighted by Gasteiger charge is -2.45. The number of methoxy groups -OCH3 is 1. The lowest BCUT2D eigenvalue weighted by atomic mass is 9.96. The zero-order valence-corrected chi connectivity index (χ0v) is 32.9. The van der Waals surface area contributed by atoms with Crippen LogP contribution in [0.4, 0.5) is 21.1 Å². The number of benzene rings is 2. The zero-order chi connectivity index (χ0) is 37.1. The molecule has 0 radical (unpaired) electrons. The third-order valence-electron chi connectivity index (χ3n) is 11.0. The van der Waals surface area contributed by atoms with Crippen LogP contribution >= 0.6 is 31.9 Å². The predicted molar refractivity (Wildman–Crippen MR) is 207 cm³/mol. The van der Waals surface area contributed by atoms with Crippen molar-refractivity contribution in [2.75, 3.05) is 69.7 Å². The number of rotatable bonds is 8. The number of piperidine rings is 2. The van der Waals surface area contributed by atoms with E-state index in [9.17, 15) is 19.5 Å². The molecule has 0 aliphatic carbocycles. The monoisotopic (exact) mass is 853 g/mol. The molecule has 4 aliphatic heterocycles. The molecule has 3 aromatic rings. The van der Waals surface area contributed by atoms with Crippen LogP contribution in [0.15, 0.2) is 57.9 Å². The third-order valence-corrected chi connectivity index (χ3v) is 12.2. The first-order valence-electron chi connectivity index (χ1n) is 18.2. The van der Waals surface area contributed by atoms with Crippen molar-refractivity contribution in [2.45, 2.75) is 56.8 Å². The Morgan fingerprint density at radius 2 is 1.64 bits per heavy atom. The SMILES string of the molecule is COc1cncnc1N1CCN(C(=O)[C@@H](Cc2cc(Br)c(O)c(Br)c2)NC(=O)N2CCC(N3CCC(N4Cc5ccccc5NC4=O)CC3)CC2)CC1. The number of anilines is 2. The molecule has 16 heteroatoms. The number of piperazine rings is 1. The first-order valence-corrected chi connectivity index (χ1v) is 19.8. The van der Waals surface area contributed by atoms with Crippen molar-refractivity contribution in [1.29, 1.82) is 0 Å². The topological polar surface area (TPSA) is 147 Å². The van der Waals surface area contributed by atoms with Gasteiger partial charge >= 0.3 is 12.1 Å². The van der Waals surface area contributed by atoms with Crippen molar-refractivity contribution in [3.63, 3.8) is 0 Å². The van der Waals surface area contributed by atoms with Crippen molar-refractivity contribution in [3.8, 4) is 11.5 Å². The van der Waals surface area contributed by atoms with Crippen LogP contribution < -0.4 is 20.3 Å². The number of aromatic hydroxyl groups is 1. The first-order chi connectivity index (χ1) is 25.7. The fourth-order valence-electron chi connectivity index (χ4n) is 7.98. The molecule has 0 unspecified atom stereocenters. The maximum atomic E-state index is 14.1. The molecule has 0 bridgehead atoms. The molecular formula is C37H45Br2N9O5. The Hall–Kier alpha value is -4.15. The van der Waals surface area contributed by atoms with Crippen LogP contribution in [-0.2, 0) is 17.8 Å². The quantitative estimate of drug-likeness (QED) is 0.295. The number of phenolic OH excluding ortho intramolecular Hbond substituents is 1. The molecule has 7 rings (SSSR count). The predicted octanol–water partition coefficient (Wildman–Crippen LogP) is 4.66. The number of ether oxygens (including phenoxy) is 1. The summed E-state index contributed by atoms with van der Waals surface area (Å²) >= 11 is 6.81. The van der Waals surface area contributed by atoms with Gasteiger partial charge in [0, 0.05) is 83.1 Å². The van der Waals surface area contributed by atoms with E-state index in [2.05, 4.69) is 68.3 Å². The number of para-hydroxylation sites is 1. The molecule has 5 heterocycles. The van der Waals surface area contributed by atoms with Gasteiger partial charge in [0.25, 0.3) is 0 Å². The molecule has 5 amide bonds. The second kappa shape index (κ2) is 16.5. The Morgan fingerprint density at radius 1 is 0.962 bits per heavy atom. The summed E-state index contributed by atoms with van der Waals surface area (Å²) in [6.45, 7) is 5.69. The van der Waals surface area contributed by atoms with Gasteiger partial charge in [-0.2, -0.15) is 0 Å². The normalized spacial score (nSPS) is 19.4. The Balaban J connectivity index is 0.944. The molecule has 53 heavy (non-hydrogen) atoms. The van der Waals surface area contributed by atoms with Crippen LogP contribution in [0.2, 0.25) is 0 Å². The van der Waals surface area contributed by atoms with Gasteiger partial charge in [-0.1, -0.05) is 18.2 Å². The van der Waals surface area contributed by atoms with E-state index >= 15 is 0 Å². The van der Waals surface area contributed by atoms with Crippen molar-refractivity contribution in [3.05, 3.63) is 69.0 Å². The van der Waals surface area contributed by atoms with Gasteiger partial charge in [0.05, 0.1) is 22.3 Å². The molecule has 1 aromatic heterocycles. The molecule has 1 atom stereocenters. The van der Waals surface area contributed by atoms with Gasteiger partial charge in [0.2, 0.25) is 5.91 Å². The van der Waals surface area contributed by atoms with Crippen LogP contribution in [0.1, 0.15) is 36.8 Å². The fraction of sp³-hybridized carbons (Fsp3) is 0.486. The molecular weight excluding hydrogens is 810 g/mol. The van der Waals surface area contributed by atoms with E-state index in [4.69, 9.17) is 4.74 Å². The highest BCUT2D eigenvalue weighted by molar-refractivity contribution is 9.11. The van der Waals surface area contributed by atoms with Crippen molar-refractivity contribution >= 4 is 61.3 Å². The average molecular weight is 856 g/mol. The Kier molecular flexibility index (Phi) is 11.6. The summed E-state index contributed by atoms with van der Waals surface area (Å²) in [5.41, 5.74) is 2.84. The zero-order valence-electron chi connectivity index (χ0n) is 29.7. The number of carbonyl (C=O) groups excluding carboxylic acids is 3. The van der Waals surface area contributed by atoms with E-state index in [0.717, 1.165) is 55.6 Å². The van der Waals surface area contributed by atoms with Crippen LogP contribution in [0.5, 0.6) is 11.5 Å². The summed E-state index contributed by atoms with van der Waals surface area (Å²) in [4.78, 5) is 59.4. The van der Waals surface area contributed by atoms with Gasteiger partial charge in [-0.3, -0.25) is 4.79 Å². The second-order valence-corrected chi connectivity index (χ2v) is 15.8. The van der Waals surface area contributed by atoms with E-state index in [-0.39, 0.29) is 36.2 Å². The Labute approximate surface area is 326 Å². The van der Waals surface area contributed by atoms with Crippen LogP contribution in [0.25, 0.3) is 0 Å². The fourth-order valence-corrected chi connectivity index (χ4v) is 9.26. The maximum absolute atomic E-state index is 14.1. The molecule has 14 nitrogen and oxygen atoms in total. The molecule has 3 N–H and O–H groups in total. The smallest absolute Gasteiger partial charge is 0.322 e. The summed E-state index contributed by atoms with van der Waals surface area (Å²) in [6.07, 6.45) is 6.90. The summed E-state index contributed by atoms with van der Waals surface area (Å²) in [5, 5.41) is 16.4. The van der Waals surface area contributed by atoms with Gasteiger partial charge < -0.3 is 45.0 Å². The first kappa shape index (κ1) is 37.2. The number of hydrogen-bond donors (Lipinski definition) is 3. The summed E-state index contributed by atoms with van der Waals surface area (Å²) < 4.78 is 6.45. The lowest BCUT2D eigenvalue weighted by Crippen LogP contribution is -2.58. The Bertz CT molecular complexity index is 1790. The minimum atomic E-state index is -0.804. The molecule has 3 saturated heterocycles. The van der Waals surface area contributed by atoms with Crippen LogP contribution in [0.3, 0.4) is 0 Å². The molecule has 4 aliphatic rings. The van der Waals surface area contributed by atoms with E-state index in [1.165, 1.54) is 6.33 Å². The second-order valence-electron chi connectivity index (χ2n) is 14.0. The number of urea groups is 2. The number of likely N-dealkylation sites (tertiary alicyclic amines) is 2. The molecule has 2 aromatic carbocycles. The summed E-state index contributed by atoms with van der Waals surface area (Å²) in [5.74, 6) is 1.18. The summed E-state index contributed by atoms with van der Waals surface area (Å²) in [7, 11) is 1.58. The number of carbonyl (C=O) groups is 3. The van der Waals surface area contributed by atoms with Crippen molar-refractivity contribution < 1.29 is 24.2 Å². The van der Waals surface area contributed by atoms with Crippen LogP contribution in [-0.4, -0.2) is 130 Å². The van der Waals surface area contributed by atoms with Crippen molar-refractivity contribution in [1.82, 2.24) is 34.9 Å². The average Bonchev–Trinajstić information content (AvgIpc) is 3.19. The van der Waals surface area contributed by atoms with Gasteiger partial charge in [-0.15, -0.1) is 0 Å². The highest BCUT2D eigenvalue weighted by atomic mass is 79.9. The maximum Gasteiger partial charge on any atom is 0.322 e. The van der Waals surface area contributed by atoms with Gasteiger partial charge in [-0.25, -0.2) is 19.6 Å². The van der Waals surface area contributed by atoms with Crippen molar-refractivity contribution in [2.24, 2.45) is 0 Å². The molecule has 3 fully saturated rings. The Morgan fingerprint density at radius 3 is 2.34 bits per heavy atom. The van der Waals surface area contributed by atoms with E-state index < -0.39 is 6.04 Å². The lowest BCUT2D eigenvalue weighted by molar-refractivity contribution is -0.133. The number of phenols is 1. The minimum Gasteiger partial charge on any atom is -0.506 e. The largest absolute Gasteiger partial charge is 0.506 e. The molecule has 282 valence electrons. The standard InChI is InChI=1S/C37H45Br2N9O5/c1-53-32-21-40-23-41-34(32)45-14-16-46(17-15-45)35(50)31(20-24-18-28(38)33(49)29(39)19-24)43-36(51)47-12-6-26(7-13-47)44-10-8-27(9-11-44)48-22-25-4-2-3-5-30(25)42-37(48)52/h2-5,18-19,21,23,26-27,31,49H,6-17,20,22H2,1H3,(H,42,52)(H,43,51)/t31-/m1/s1. The number of nitrogens with one attached hydrogen (secondary N) is 2. The number of amides is 5. The van der Waals surface area contributed by atoms with E-state index in [1.807, 2.05) is 28.0 Å². The highest BCUT2D eigenvalue weighted by Crippen LogP contribution is 2.34. The number of halogens is 2. The van der Waals surface area contributed by atoms with Crippen LogP contribution in [0, 0.1) is 0 Å². The highest BCUT2D eigenvalue weighted by Gasteiger charge is 2.36. The number of hydrogen-bond acceptors (Lipinski definition) is 9. The molecule has 0 saturated carbocycles. The third kappa shape index (κ3) is 8.34. The number of fused-ring (bicyclic) bond motifs is 1. The van der Waals surface area contributed by atoms with Gasteiger partial charge in [0.1, 0.15) is 18.1 Å². The number of nitrogens with zero attached hydrogens (tertiary/aromatic N) is 7. The van der Waals surface area contributed by atoms with Gasteiger partial charge in [0.15, 0.2) is 11.6 Å². The minimum absolute atomic E-state index is 0.0193.